The van der Waals surface area contributed by atoms with Crippen molar-refractivity contribution >= 4 is 16.5 Å². The molecule has 0 saturated carbocycles. The molecule has 1 aromatic carbocycles. The van der Waals surface area contributed by atoms with Crippen molar-refractivity contribution in [3.8, 4) is 5.75 Å². The maximum atomic E-state index is 5.92. The minimum atomic E-state index is 0.446. The van der Waals surface area contributed by atoms with E-state index in [-0.39, 0.29) is 0 Å². The second kappa shape index (κ2) is 6.70. The van der Waals surface area contributed by atoms with Crippen molar-refractivity contribution in [1.29, 1.82) is 0 Å². The number of aryl methyl sites for hydroxylation is 1. The van der Waals surface area contributed by atoms with Crippen LogP contribution in [0.3, 0.4) is 0 Å². The zero-order chi connectivity index (χ0) is 14.5. The lowest BCUT2D eigenvalue weighted by Gasteiger charge is -2.12. The molecule has 0 aliphatic carbocycles. The van der Waals surface area contributed by atoms with Gasteiger partial charge in [0.1, 0.15) is 23.1 Å². The van der Waals surface area contributed by atoms with Gasteiger partial charge >= 0.3 is 0 Å². The van der Waals surface area contributed by atoms with Gasteiger partial charge in [-0.15, -0.1) is 5.10 Å². The molecule has 0 spiro atoms. The predicted molar refractivity (Wildman–Crippen MR) is 83.7 cm³/mol. The second-order valence-electron chi connectivity index (χ2n) is 5.05. The van der Waals surface area contributed by atoms with E-state index in [9.17, 15) is 0 Å². The third kappa shape index (κ3) is 3.48. The summed E-state index contributed by atoms with van der Waals surface area (Å²) >= 11 is 1.37. The first kappa shape index (κ1) is 14.8. The summed E-state index contributed by atoms with van der Waals surface area (Å²) in [5, 5.41) is 8.36. The van der Waals surface area contributed by atoms with Crippen molar-refractivity contribution in [1.82, 2.24) is 9.59 Å². The third-order valence-corrected chi connectivity index (χ3v) is 3.86. The van der Waals surface area contributed by atoms with Crippen molar-refractivity contribution < 1.29 is 4.74 Å². The van der Waals surface area contributed by atoms with E-state index in [1.54, 1.807) is 0 Å². The standard InChI is InChI=1S/C15H21N3OS/c1-5-16-15-13(17-18-20-15)9-19-14-8-12(10(2)3)7-6-11(14)4/h6-8,10,16H,5,9H2,1-4H3. The topological polar surface area (TPSA) is 47.0 Å². The molecule has 2 rings (SSSR count). The maximum Gasteiger partial charge on any atom is 0.136 e. The highest BCUT2D eigenvalue weighted by atomic mass is 32.1. The Kier molecular flexibility index (Phi) is 4.95. The van der Waals surface area contributed by atoms with Gasteiger partial charge in [-0.1, -0.05) is 30.5 Å². The predicted octanol–water partition coefficient (Wildman–Crippen LogP) is 3.98. The highest BCUT2D eigenvalue weighted by Crippen LogP contribution is 2.26. The van der Waals surface area contributed by atoms with Crippen LogP contribution in [0, 0.1) is 6.92 Å². The van der Waals surface area contributed by atoms with Crippen LogP contribution in [0.4, 0.5) is 5.00 Å². The van der Waals surface area contributed by atoms with Crippen molar-refractivity contribution in [2.24, 2.45) is 0 Å². The van der Waals surface area contributed by atoms with E-state index < -0.39 is 0 Å². The molecule has 20 heavy (non-hydrogen) atoms. The third-order valence-electron chi connectivity index (χ3n) is 3.14. The van der Waals surface area contributed by atoms with Gasteiger partial charge in [0.15, 0.2) is 0 Å². The Morgan fingerprint density at radius 2 is 2.15 bits per heavy atom. The molecule has 1 aromatic heterocycles. The Morgan fingerprint density at radius 1 is 1.35 bits per heavy atom. The quantitative estimate of drug-likeness (QED) is 0.874. The average Bonchev–Trinajstić information content (AvgIpc) is 2.85. The molecule has 1 N–H and O–H groups in total. The molecular weight excluding hydrogens is 270 g/mol. The molecule has 0 saturated heterocycles. The number of hydrogen-bond donors (Lipinski definition) is 1. The molecule has 4 nitrogen and oxygen atoms in total. The van der Waals surface area contributed by atoms with Gasteiger partial charge in [-0.05, 0) is 37.0 Å². The maximum absolute atomic E-state index is 5.92. The summed E-state index contributed by atoms with van der Waals surface area (Å²) < 4.78 is 9.89. The molecule has 0 fully saturated rings. The second-order valence-corrected chi connectivity index (χ2v) is 5.80. The monoisotopic (exact) mass is 291 g/mol. The summed E-state index contributed by atoms with van der Waals surface area (Å²) in [6.45, 7) is 9.79. The van der Waals surface area contributed by atoms with Crippen LogP contribution in [0.2, 0.25) is 0 Å². The molecule has 0 unspecified atom stereocenters. The molecule has 2 aromatic rings. The Labute approximate surface area is 124 Å². The summed E-state index contributed by atoms with van der Waals surface area (Å²) in [4.78, 5) is 0. The fourth-order valence-electron chi connectivity index (χ4n) is 1.88. The molecule has 0 amide bonds. The SMILES string of the molecule is CCNc1snnc1COc1cc(C(C)C)ccc1C. The van der Waals surface area contributed by atoms with Crippen molar-refractivity contribution in [2.75, 3.05) is 11.9 Å². The van der Waals surface area contributed by atoms with E-state index in [0.29, 0.717) is 12.5 Å². The minimum absolute atomic E-state index is 0.446. The van der Waals surface area contributed by atoms with E-state index in [2.05, 4.69) is 60.8 Å². The van der Waals surface area contributed by atoms with Crippen LogP contribution in [0.5, 0.6) is 5.75 Å². The number of benzene rings is 1. The van der Waals surface area contributed by atoms with Crippen LogP contribution < -0.4 is 10.1 Å². The number of aromatic nitrogens is 2. The summed E-state index contributed by atoms with van der Waals surface area (Å²) in [5.74, 6) is 1.42. The van der Waals surface area contributed by atoms with Crippen LogP contribution in [0.15, 0.2) is 18.2 Å². The van der Waals surface area contributed by atoms with Gasteiger partial charge in [0, 0.05) is 18.1 Å². The van der Waals surface area contributed by atoms with Gasteiger partial charge in [-0.2, -0.15) is 0 Å². The number of hydrogen-bond acceptors (Lipinski definition) is 5. The molecule has 5 heteroatoms. The van der Waals surface area contributed by atoms with Gasteiger partial charge in [-0.3, -0.25) is 0 Å². The Hall–Kier alpha value is -1.62. The molecular formula is C15H21N3OS. The van der Waals surface area contributed by atoms with Gasteiger partial charge in [-0.25, -0.2) is 0 Å². The molecule has 1 heterocycles. The molecule has 108 valence electrons. The van der Waals surface area contributed by atoms with E-state index in [4.69, 9.17) is 4.74 Å². The number of ether oxygens (including phenoxy) is 1. The van der Waals surface area contributed by atoms with Crippen molar-refractivity contribution in [3.63, 3.8) is 0 Å². The van der Waals surface area contributed by atoms with Gasteiger partial charge < -0.3 is 10.1 Å². The van der Waals surface area contributed by atoms with Crippen LogP contribution in [0.25, 0.3) is 0 Å². The van der Waals surface area contributed by atoms with Crippen LogP contribution in [0.1, 0.15) is 43.5 Å². The lowest BCUT2D eigenvalue weighted by atomic mass is 10.0. The summed E-state index contributed by atoms with van der Waals surface area (Å²) in [6.07, 6.45) is 0. The lowest BCUT2D eigenvalue weighted by molar-refractivity contribution is 0.299. The number of nitrogens with one attached hydrogen (secondary N) is 1. The fraction of sp³-hybridized carbons (Fsp3) is 0.467. The Bertz CT molecular complexity index is 566. The number of anilines is 1. The summed E-state index contributed by atoms with van der Waals surface area (Å²) in [5.41, 5.74) is 3.29. The van der Waals surface area contributed by atoms with Gasteiger partial charge in [0.25, 0.3) is 0 Å². The highest BCUT2D eigenvalue weighted by molar-refractivity contribution is 7.10. The van der Waals surface area contributed by atoms with Crippen LogP contribution >= 0.6 is 11.5 Å². The first-order chi connectivity index (χ1) is 9.61. The van der Waals surface area contributed by atoms with E-state index >= 15 is 0 Å². The van der Waals surface area contributed by atoms with E-state index in [1.165, 1.54) is 17.1 Å². The number of rotatable bonds is 6. The average molecular weight is 291 g/mol. The van der Waals surface area contributed by atoms with Crippen molar-refractivity contribution in [2.45, 2.75) is 40.2 Å². The Balaban J connectivity index is 2.10. The summed E-state index contributed by atoms with van der Waals surface area (Å²) in [7, 11) is 0. The van der Waals surface area contributed by atoms with E-state index in [1.807, 2.05) is 0 Å². The molecule has 0 atom stereocenters. The largest absolute Gasteiger partial charge is 0.487 e. The zero-order valence-electron chi connectivity index (χ0n) is 12.4. The highest BCUT2D eigenvalue weighted by Gasteiger charge is 2.10. The van der Waals surface area contributed by atoms with Gasteiger partial charge in [0.05, 0.1) is 0 Å². The van der Waals surface area contributed by atoms with E-state index in [0.717, 1.165) is 28.6 Å². The van der Waals surface area contributed by atoms with Gasteiger partial charge in [0.2, 0.25) is 0 Å². The first-order valence-corrected chi connectivity index (χ1v) is 7.67. The first-order valence-electron chi connectivity index (χ1n) is 6.90. The fourth-order valence-corrected chi connectivity index (χ4v) is 2.51. The number of nitrogens with zero attached hydrogens (tertiary/aromatic N) is 2. The lowest BCUT2D eigenvalue weighted by Crippen LogP contribution is -2.03. The summed E-state index contributed by atoms with van der Waals surface area (Å²) in [6, 6.07) is 6.38. The normalized spacial score (nSPS) is 10.8. The van der Waals surface area contributed by atoms with Crippen LogP contribution in [-0.2, 0) is 6.61 Å². The molecule has 0 aliphatic rings. The Morgan fingerprint density at radius 3 is 2.85 bits per heavy atom. The zero-order valence-corrected chi connectivity index (χ0v) is 13.3. The van der Waals surface area contributed by atoms with Crippen molar-refractivity contribution in [3.05, 3.63) is 35.0 Å². The molecule has 0 radical (unpaired) electrons. The van der Waals surface area contributed by atoms with Crippen LogP contribution in [-0.4, -0.2) is 16.1 Å². The minimum Gasteiger partial charge on any atom is -0.487 e. The molecule has 0 aliphatic heterocycles. The smallest absolute Gasteiger partial charge is 0.136 e. The molecule has 0 bridgehead atoms.